The molecule has 0 saturated carbocycles. The number of hydrogen-bond donors (Lipinski definition) is 0. The summed E-state index contributed by atoms with van der Waals surface area (Å²) in [6.07, 6.45) is 5.11. The maximum Gasteiger partial charge on any atom is 0.190 e. The maximum atomic E-state index is 6.25. The lowest BCUT2D eigenvalue weighted by Crippen LogP contribution is -2.56. The number of terminal acetylenes is 1. The first-order chi connectivity index (χ1) is 17.1. The molecule has 5 atom stereocenters. The van der Waals surface area contributed by atoms with Crippen molar-refractivity contribution in [2.45, 2.75) is 89.0 Å². The second kappa shape index (κ2) is 9.82. The third kappa shape index (κ3) is 5.47. The molecule has 4 heterocycles. The summed E-state index contributed by atoms with van der Waals surface area (Å²) < 4.78 is 43.8. The van der Waals surface area contributed by atoms with Crippen LogP contribution in [0.3, 0.4) is 0 Å². The summed E-state index contributed by atoms with van der Waals surface area (Å²) in [5.74, 6) is 2.42. The Balaban J connectivity index is 1.25. The van der Waals surface area contributed by atoms with Crippen molar-refractivity contribution < 1.29 is 33.2 Å². The average molecular weight is 520 g/mol. The molecule has 5 rings (SSSR count). The van der Waals surface area contributed by atoms with E-state index in [-0.39, 0.29) is 37.6 Å². The lowest BCUT2D eigenvalue weighted by molar-refractivity contribution is -0.236. The highest BCUT2D eigenvalue weighted by Gasteiger charge is 2.60. The Hall–Kier alpha value is -2.39. The second-order valence-electron chi connectivity index (χ2n) is 9.87. The first kappa shape index (κ1) is 25.3. The monoisotopic (exact) mass is 519 g/mol. The molecule has 0 amide bonds. The molecule has 0 aliphatic carbocycles. The first-order valence-corrected chi connectivity index (χ1v) is 12.3. The van der Waals surface area contributed by atoms with Crippen molar-refractivity contribution in [3.8, 4) is 23.8 Å². The van der Waals surface area contributed by atoms with Crippen LogP contribution < -0.4 is 9.47 Å². The largest absolute Gasteiger partial charge is 0.487 e. The van der Waals surface area contributed by atoms with Gasteiger partial charge in [0.15, 0.2) is 17.9 Å². The molecule has 36 heavy (non-hydrogen) atoms. The number of alkyl halides is 1. The highest BCUT2D eigenvalue weighted by atomic mass is 35.5. The quantitative estimate of drug-likeness (QED) is 0.385. The van der Waals surface area contributed by atoms with E-state index in [2.05, 4.69) is 16.2 Å². The molecule has 0 N–H and O–H groups in total. The molecule has 5 unspecified atom stereocenters. The first-order valence-electron chi connectivity index (χ1n) is 11.8. The lowest BCUT2D eigenvalue weighted by Gasteiger charge is -2.37. The number of hydrogen-bond acceptors (Lipinski definition) is 9. The number of nitrogens with zero attached hydrogens (tertiary/aromatic N) is 3. The van der Waals surface area contributed by atoms with E-state index in [1.54, 1.807) is 10.7 Å². The van der Waals surface area contributed by atoms with E-state index in [9.17, 15) is 0 Å². The van der Waals surface area contributed by atoms with E-state index in [0.29, 0.717) is 29.6 Å². The van der Waals surface area contributed by atoms with Crippen LogP contribution >= 0.6 is 11.6 Å². The Morgan fingerprint density at radius 2 is 1.69 bits per heavy atom. The molecule has 3 aliphatic heterocycles. The zero-order valence-electron chi connectivity index (χ0n) is 20.7. The second-order valence-corrected chi connectivity index (χ2v) is 10.1. The number of benzene rings is 1. The molecule has 1 aromatic heterocycles. The normalized spacial score (nSPS) is 29.8. The van der Waals surface area contributed by atoms with Crippen molar-refractivity contribution in [2.75, 3.05) is 6.61 Å². The van der Waals surface area contributed by atoms with Crippen LogP contribution in [-0.2, 0) is 42.7 Å². The number of rotatable bonds is 8. The van der Waals surface area contributed by atoms with Gasteiger partial charge in [0.05, 0.1) is 12.7 Å². The van der Waals surface area contributed by atoms with Gasteiger partial charge in [-0.05, 0) is 45.4 Å². The molecule has 3 fully saturated rings. The van der Waals surface area contributed by atoms with Gasteiger partial charge in [-0.25, -0.2) is 4.68 Å². The zero-order chi connectivity index (χ0) is 25.5. The van der Waals surface area contributed by atoms with Gasteiger partial charge in [0, 0.05) is 11.9 Å². The van der Waals surface area contributed by atoms with E-state index in [4.69, 9.17) is 51.2 Å². The molecule has 0 bridgehead atoms. The fraction of sp³-hybridized carbons (Fsp3) is 0.600. The van der Waals surface area contributed by atoms with Crippen LogP contribution in [0.5, 0.6) is 11.5 Å². The van der Waals surface area contributed by atoms with Crippen LogP contribution in [0, 0.1) is 12.3 Å². The van der Waals surface area contributed by atoms with Crippen molar-refractivity contribution >= 4 is 11.6 Å². The van der Waals surface area contributed by atoms with Gasteiger partial charge >= 0.3 is 0 Å². The molecular weight excluding hydrogens is 490 g/mol. The van der Waals surface area contributed by atoms with Gasteiger partial charge in [0.2, 0.25) is 0 Å². The van der Waals surface area contributed by atoms with Crippen molar-refractivity contribution in [1.29, 1.82) is 0 Å². The molecule has 194 valence electrons. The predicted octanol–water partition coefficient (Wildman–Crippen LogP) is 3.00. The fourth-order valence-corrected chi connectivity index (χ4v) is 4.83. The minimum Gasteiger partial charge on any atom is -0.487 e. The summed E-state index contributed by atoms with van der Waals surface area (Å²) in [4.78, 5) is 0. The van der Waals surface area contributed by atoms with Crippen LogP contribution in [0.2, 0.25) is 0 Å². The molecule has 3 saturated heterocycles. The summed E-state index contributed by atoms with van der Waals surface area (Å²) in [5, 5.41) is 8.48. The molecular formula is C25H30ClN3O7. The third-order valence-corrected chi connectivity index (χ3v) is 6.32. The maximum absolute atomic E-state index is 6.25. The summed E-state index contributed by atoms with van der Waals surface area (Å²) in [5.41, 5.74) is 1.50. The summed E-state index contributed by atoms with van der Waals surface area (Å²) in [6, 6.07) is 5.43. The molecule has 0 radical (unpaired) electrons. The van der Waals surface area contributed by atoms with Gasteiger partial charge in [-0.3, -0.25) is 0 Å². The van der Waals surface area contributed by atoms with Gasteiger partial charge in [0.1, 0.15) is 54.8 Å². The van der Waals surface area contributed by atoms with Gasteiger partial charge in [-0.1, -0.05) is 11.1 Å². The van der Waals surface area contributed by atoms with Gasteiger partial charge in [0.25, 0.3) is 0 Å². The van der Waals surface area contributed by atoms with Crippen LogP contribution in [0.25, 0.3) is 0 Å². The van der Waals surface area contributed by atoms with Gasteiger partial charge in [-0.2, -0.15) is 0 Å². The van der Waals surface area contributed by atoms with E-state index < -0.39 is 17.9 Å². The van der Waals surface area contributed by atoms with Crippen molar-refractivity contribution in [2.24, 2.45) is 0 Å². The van der Waals surface area contributed by atoms with E-state index in [1.807, 2.05) is 46.0 Å². The highest BCUT2D eigenvalue weighted by Crippen LogP contribution is 2.44. The topological polar surface area (TPSA) is 95.3 Å². The van der Waals surface area contributed by atoms with Gasteiger partial charge in [-0.15, -0.1) is 23.1 Å². The minimum atomic E-state index is -0.769. The molecule has 11 heteroatoms. The van der Waals surface area contributed by atoms with Crippen LogP contribution in [0.15, 0.2) is 24.4 Å². The average Bonchev–Trinajstić information content (AvgIpc) is 3.49. The molecule has 0 spiro atoms. The Morgan fingerprint density at radius 1 is 1.00 bits per heavy atom. The molecule has 3 aliphatic rings. The van der Waals surface area contributed by atoms with Crippen molar-refractivity contribution in [1.82, 2.24) is 15.0 Å². The molecule has 2 aromatic rings. The number of fused-ring (bicyclic) bond motifs is 3. The molecule has 1 aromatic carbocycles. The van der Waals surface area contributed by atoms with Crippen LogP contribution in [-0.4, -0.2) is 63.9 Å². The Bertz CT molecular complexity index is 1130. The van der Waals surface area contributed by atoms with E-state index in [0.717, 1.165) is 5.56 Å². The Kier molecular flexibility index (Phi) is 6.89. The smallest absolute Gasteiger partial charge is 0.190 e. The Labute approximate surface area is 215 Å². The highest BCUT2D eigenvalue weighted by molar-refractivity contribution is 6.17. The fourth-order valence-electron chi connectivity index (χ4n) is 4.68. The summed E-state index contributed by atoms with van der Waals surface area (Å²) in [6.45, 7) is 8.24. The van der Waals surface area contributed by atoms with Crippen LogP contribution in [0.1, 0.15) is 39.0 Å². The van der Waals surface area contributed by atoms with E-state index in [1.165, 1.54) is 0 Å². The predicted molar refractivity (Wildman–Crippen MR) is 127 cm³/mol. The van der Waals surface area contributed by atoms with Crippen molar-refractivity contribution in [3.05, 3.63) is 35.7 Å². The standard InChI is InChI=1S/C25H30ClN3O7/c1-6-7-30-17-8-15(11-26)9-18(10-17)31-14-16-12-29(28-27-16)13-19-20-21(34-24(2,3)33-20)22-23(32-19)36-25(4,5)35-22/h1,8-10,12,19-23H,7,11,13-14H2,2-5H3. The minimum absolute atomic E-state index is 0.160. The SMILES string of the molecule is C#CCOc1cc(CCl)cc(OCc2cn(CC3OC4OC(C)(C)OC4C4OC(C)(C)OC34)nn2)c1. The van der Waals surface area contributed by atoms with Crippen LogP contribution in [0.4, 0.5) is 0 Å². The summed E-state index contributed by atoms with van der Waals surface area (Å²) in [7, 11) is 0. The number of ether oxygens (including phenoxy) is 7. The van der Waals surface area contributed by atoms with E-state index >= 15 is 0 Å². The van der Waals surface area contributed by atoms with Crippen molar-refractivity contribution in [3.63, 3.8) is 0 Å². The number of aromatic nitrogens is 3. The van der Waals surface area contributed by atoms with Gasteiger partial charge < -0.3 is 33.2 Å². The Morgan fingerprint density at radius 3 is 2.44 bits per heavy atom. The molecule has 10 nitrogen and oxygen atoms in total. The third-order valence-electron chi connectivity index (χ3n) is 6.01. The summed E-state index contributed by atoms with van der Waals surface area (Å²) >= 11 is 6.00. The number of halogens is 1. The lowest BCUT2D eigenvalue weighted by atomic mass is 9.99. The zero-order valence-corrected chi connectivity index (χ0v) is 21.4.